The van der Waals surface area contributed by atoms with Crippen LogP contribution in [-0.4, -0.2) is 32.6 Å². The molecule has 3 rings (SSSR count). The van der Waals surface area contributed by atoms with Gasteiger partial charge in [-0.3, -0.25) is 4.79 Å². The molecule has 1 amide bonds. The van der Waals surface area contributed by atoms with Gasteiger partial charge < -0.3 is 14.6 Å². The topological polar surface area (TPSA) is 77.4 Å². The van der Waals surface area contributed by atoms with Crippen molar-refractivity contribution in [3.8, 4) is 0 Å². The van der Waals surface area contributed by atoms with Crippen molar-refractivity contribution in [2.24, 2.45) is 0 Å². The van der Waals surface area contributed by atoms with E-state index in [0.717, 1.165) is 31.4 Å². The Hall–Kier alpha value is -2.12. The molecule has 0 saturated heterocycles. The van der Waals surface area contributed by atoms with Crippen LogP contribution < -0.4 is 5.32 Å². The SMILES string of the molecule is COCC(=O)Nc1c(S(=O)(=O)c2ccccc2)c(C)c(C)n1C1CCCC1. The summed E-state index contributed by atoms with van der Waals surface area (Å²) in [6.45, 7) is 3.60. The van der Waals surface area contributed by atoms with Crippen LogP contribution in [0.25, 0.3) is 0 Å². The summed E-state index contributed by atoms with van der Waals surface area (Å²) in [4.78, 5) is 12.7. The van der Waals surface area contributed by atoms with Gasteiger partial charge in [-0.2, -0.15) is 0 Å². The summed E-state index contributed by atoms with van der Waals surface area (Å²) in [6, 6.07) is 8.54. The lowest BCUT2D eigenvalue weighted by Gasteiger charge is -2.20. The summed E-state index contributed by atoms with van der Waals surface area (Å²) in [5, 5.41) is 2.81. The number of methoxy groups -OCH3 is 1. The highest BCUT2D eigenvalue weighted by molar-refractivity contribution is 7.91. The van der Waals surface area contributed by atoms with E-state index in [1.165, 1.54) is 7.11 Å². The van der Waals surface area contributed by atoms with Crippen molar-refractivity contribution < 1.29 is 17.9 Å². The van der Waals surface area contributed by atoms with E-state index in [2.05, 4.69) is 5.32 Å². The lowest BCUT2D eigenvalue weighted by molar-refractivity contribution is -0.119. The zero-order valence-corrected chi connectivity index (χ0v) is 16.8. The van der Waals surface area contributed by atoms with Gasteiger partial charge in [0.2, 0.25) is 9.84 Å². The molecule has 1 saturated carbocycles. The van der Waals surface area contributed by atoms with Gasteiger partial charge in [0.15, 0.2) is 0 Å². The van der Waals surface area contributed by atoms with Gasteiger partial charge in [-0.05, 0) is 44.4 Å². The second-order valence-corrected chi connectivity index (χ2v) is 8.88. The predicted octanol–water partition coefficient (Wildman–Crippen LogP) is 3.64. The number of anilines is 1. The Morgan fingerprint density at radius 1 is 1.19 bits per heavy atom. The molecule has 0 bridgehead atoms. The Bertz CT molecular complexity index is 927. The number of nitrogens with one attached hydrogen (secondary N) is 1. The van der Waals surface area contributed by atoms with Gasteiger partial charge in [0, 0.05) is 18.8 Å². The average molecular weight is 391 g/mol. The van der Waals surface area contributed by atoms with Crippen LogP contribution in [0.1, 0.15) is 43.0 Å². The van der Waals surface area contributed by atoms with E-state index in [-0.39, 0.29) is 28.3 Å². The third-order valence-electron chi connectivity index (χ3n) is 5.25. The zero-order valence-electron chi connectivity index (χ0n) is 16.0. The highest BCUT2D eigenvalue weighted by Gasteiger charge is 2.33. The maximum absolute atomic E-state index is 13.4. The number of rotatable bonds is 6. The molecule has 1 aliphatic rings. The van der Waals surface area contributed by atoms with Crippen LogP contribution in [0, 0.1) is 13.8 Å². The molecule has 146 valence electrons. The minimum Gasteiger partial charge on any atom is -0.375 e. The molecule has 1 aliphatic carbocycles. The molecule has 0 spiro atoms. The Morgan fingerprint density at radius 2 is 1.81 bits per heavy atom. The highest BCUT2D eigenvalue weighted by atomic mass is 32.2. The fourth-order valence-corrected chi connectivity index (χ4v) is 5.59. The molecule has 27 heavy (non-hydrogen) atoms. The van der Waals surface area contributed by atoms with E-state index >= 15 is 0 Å². The van der Waals surface area contributed by atoms with Crippen molar-refractivity contribution in [3.05, 3.63) is 41.6 Å². The van der Waals surface area contributed by atoms with Crippen molar-refractivity contribution in [1.82, 2.24) is 4.57 Å². The lowest BCUT2D eigenvalue weighted by atomic mass is 10.2. The number of hydrogen-bond acceptors (Lipinski definition) is 4. The van der Waals surface area contributed by atoms with E-state index in [0.29, 0.717) is 11.4 Å². The van der Waals surface area contributed by atoms with Gasteiger partial charge >= 0.3 is 0 Å². The molecule has 6 nitrogen and oxygen atoms in total. The van der Waals surface area contributed by atoms with E-state index < -0.39 is 9.84 Å². The Balaban J connectivity index is 2.20. The highest BCUT2D eigenvalue weighted by Crippen LogP contribution is 2.41. The molecule has 1 N–H and O–H groups in total. The van der Waals surface area contributed by atoms with Gasteiger partial charge in [-0.1, -0.05) is 31.0 Å². The van der Waals surface area contributed by atoms with Crippen LogP contribution in [0.4, 0.5) is 5.82 Å². The van der Waals surface area contributed by atoms with Gasteiger partial charge in [0.1, 0.15) is 17.3 Å². The lowest BCUT2D eigenvalue weighted by Crippen LogP contribution is -2.22. The largest absolute Gasteiger partial charge is 0.375 e. The van der Waals surface area contributed by atoms with E-state index in [1.807, 2.05) is 18.4 Å². The smallest absolute Gasteiger partial charge is 0.251 e. The molecule has 7 heteroatoms. The average Bonchev–Trinajstić information content (AvgIpc) is 3.24. The second kappa shape index (κ2) is 7.86. The first kappa shape index (κ1) is 19.6. The first-order chi connectivity index (χ1) is 12.9. The van der Waals surface area contributed by atoms with Crippen LogP contribution >= 0.6 is 0 Å². The number of hydrogen-bond donors (Lipinski definition) is 1. The van der Waals surface area contributed by atoms with Crippen molar-refractivity contribution in [2.75, 3.05) is 19.0 Å². The summed E-state index contributed by atoms with van der Waals surface area (Å²) in [5.74, 6) is 0.00145. The maximum atomic E-state index is 13.4. The number of nitrogens with zero attached hydrogens (tertiary/aromatic N) is 1. The number of carbonyl (C=O) groups is 1. The maximum Gasteiger partial charge on any atom is 0.251 e. The minimum absolute atomic E-state index is 0.126. The first-order valence-electron chi connectivity index (χ1n) is 9.18. The van der Waals surface area contributed by atoms with Crippen LogP contribution in [0.15, 0.2) is 40.1 Å². The van der Waals surface area contributed by atoms with Crippen molar-refractivity contribution in [1.29, 1.82) is 0 Å². The fourth-order valence-electron chi connectivity index (χ4n) is 3.88. The van der Waals surface area contributed by atoms with Gasteiger partial charge in [-0.25, -0.2) is 8.42 Å². The van der Waals surface area contributed by atoms with Crippen molar-refractivity contribution in [3.63, 3.8) is 0 Å². The third-order valence-corrected chi connectivity index (χ3v) is 7.18. The summed E-state index contributed by atoms with van der Waals surface area (Å²) in [7, 11) is -2.33. The molecule has 1 aromatic carbocycles. The Morgan fingerprint density at radius 3 is 2.41 bits per heavy atom. The first-order valence-corrected chi connectivity index (χ1v) is 10.7. The van der Waals surface area contributed by atoms with E-state index in [1.54, 1.807) is 30.3 Å². The van der Waals surface area contributed by atoms with Gasteiger partial charge in [0.25, 0.3) is 5.91 Å². The number of benzene rings is 1. The summed E-state index contributed by atoms with van der Waals surface area (Å²) < 4.78 is 33.7. The molecule has 0 atom stereocenters. The number of aromatic nitrogens is 1. The van der Waals surface area contributed by atoms with Crippen LogP contribution in [0.3, 0.4) is 0 Å². The molecular formula is C20H26N2O4S. The van der Waals surface area contributed by atoms with E-state index in [4.69, 9.17) is 4.74 Å². The summed E-state index contributed by atoms with van der Waals surface area (Å²) in [6.07, 6.45) is 4.17. The number of amides is 1. The monoisotopic (exact) mass is 390 g/mol. The molecule has 1 aromatic heterocycles. The molecule has 0 aliphatic heterocycles. The molecule has 0 radical (unpaired) electrons. The predicted molar refractivity (Wildman–Crippen MR) is 104 cm³/mol. The van der Waals surface area contributed by atoms with Crippen molar-refractivity contribution >= 4 is 21.6 Å². The van der Waals surface area contributed by atoms with Crippen LogP contribution in [0.5, 0.6) is 0 Å². The minimum atomic E-state index is -3.77. The van der Waals surface area contributed by atoms with Gasteiger partial charge in [0.05, 0.1) is 4.90 Å². The number of ether oxygens (including phenoxy) is 1. The second-order valence-electron chi connectivity index (χ2n) is 6.99. The van der Waals surface area contributed by atoms with Gasteiger partial charge in [-0.15, -0.1) is 0 Å². The van der Waals surface area contributed by atoms with Crippen LogP contribution in [-0.2, 0) is 19.4 Å². The van der Waals surface area contributed by atoms with E-state index in [9.17, 15) is 13.2 Å². The quantitative estimate of drug-likeness (QED) is 0.817. The zero-order chi connectivity index (χ0) is 19.6. The normalized spacial score (nSPS) is 15.2. The van der Waals surface area contributed by atoms with Crippen LogP contribution in [0.2, 0.25) is 0 Å². The third kappa shape index (κ3) is 3.66. The number of carbonyl (C=O) groups excluding carboxylic acids is 1. The Labute approximate surface area is 160 Å². The Kier molecular flexibility index (Phi) is 5.72. The summed E-state index contributed by atoms with van der Waals surface area (Å²) in [5.41, 5.74) is 1.56. The molecule has 1 fully saturated rings. The van der Waals surface area contributed by atoms with Crippen molar-refractivity contribution in [2.45, 2.75) is 55.4 Å². The fraction of sp³-hybridized carbons (Fsp3) is 0.450. The molecule has 1 heterocycles. The molecule has 2 aromatic rings. The molecule has 0 unspecified atom stereocenters. The summed E-state index contributed by atoms with van der Waals surface area (Å²) >= 11 is 0. The number of sulfone groups is 1. The molecular weight excluding hydrogens is 364 g/mol. The standard InChI is InChI=1S/C20H26N2O4S/c1-14-15(2)22(16-9-7-8-10-16)20(21-18(23)13-26-3)19(14)27(24,25)17-11-5-4-6-12-17/h4-6,11-12,16H,7-10,13H2,1-3H3,(H,21,23).